The molecule has 8 heteroatoms. The van der Waals surface area contributed by atoms with E-state index in [9.17, 15) is 10.1 Å². The van der Waals surface area contributed by atoms with Crippen molar-refractivity contribution in [3.05, 3.63) is 21.6 Å². The molecule has 1 unspecified atom stereocenters. The maximum Gasteiger partial charge on any atom is 0.329 e. The molecule has 0 radical (unpaired) electrons. The summed E-state index contributed by atoms with van der Waals surface area (Å²) in [6, 6.07) is 0. The van der Waals surface area contributed by atoms with E-state index in [0.717, 1.165) is 32.1 Å². The summed E-state index contributed by atoms with van der Waals surface area (Å²) in [7, 11) is 0. The number of nitrogens with one attached hydrogen (secondary N) is 2. The Morgan fingerprint density at radius 3 is 3.17 bits per heavy atom. The molecule has 1 saturated heterocycles. The van der Waals surface area contributed by atoms with Gasteiger partial charge in [-0.15, -0.1) is 0 Å². The predicted molar refractivity (Wildman–Crippen MR) is 67.8 cm³/mol. The van der Waals surface area contributed by atoms with Crippen molar-refractivity contribution in [1.29, 1.82) is 0 Å². The van der Waals surface area contributed by atoms with Crippen molar-refractivity contribution in [3.8, 4) is 0 Å². The summed E-state index contributed by atoms with van der Waals surface area (Å²) < 4.78 is 0. The molecule has 98 valence electrons. The molecule has 1 aromatic rings. The topological polar surface area (TPSA) is 93.0 Å². The molecule has 0 saturated carbocycles. The first-order valence-corrected chi connectivity index (χ1v) is 6.16. The number of anilines is 1. The summed E-state index contributed by atoms with van der Waals surface area (Å²) in [5.41, 5.74) is -0.150. The van der Waals surface area contributed by atoms with Gasteiger partial charge in [0, 0.05) is 6.54 Å². The van der Waals surface area contributed by atoms with Gasteiger partial charge in [-0.2, -0.15) is 4.98 Å². The van der Waals surface area contributed by atoms with Crippen LogP contribution in [0.15, 0.2) is 6.20 Å². The van der Waals surface area contributed by atoms with Gasteiger partial charge >= 0.3 is 5.69 Å². The van der Waals surface area contributed by atoms with Gasteiger partial charge in [-0.05, 0) is 43.5 Å². The Morgan fingerprint density at radius 1 is 1.67 bits per heavy atom. The minimum absolute atomic E-state index is 0.00451. The number of hydrogen-bond acceptors (Lipinski definition) is 6. The average Bonchev–Trinajstić information content (AvgIpc) is 2.37. The summed E-state index contributed by atoms with van der Waals surface area (Å²) >= 11 is 5.65. The lowest BCUT2D eigenvalue weighted by Crippen LogP contribution is -2.33. The van der Waals surface area contributed by atoms with Crippen LogP contribution in [-0.2, 0) is 0 Å². The van der Waals surface area contributed by atoms with Crippen LogP contribution >= 0.6 is 11.6 Å². The number of nitro groups is 1. The fourth-order valence-electron chi connectivity index (χ4n) is 1.96. The van der Waals surface area contributed by atoms with Gasteiger partial charge in [-0.25, -0.2) is 4.98 Å². The molecule has 18 heavy (non-hydrogen) atoms. The highest BCUT2D eigenvalue weighted by Gasteiger charge is 2.19. The highest BCUT2D eigenvalue weighted by molar-refractivity contribution is 6.28. The smallest absolute Gasteiger partial charge is 0.329 e. The molecule has 1 aliphatic heterocycles. The van der Waals surface area contributed by atoms with E-state index >= 15 is 0 Å². The second-order valence-corrected chi connectivity index (χ2v) is 4.56. The monoisotopic (exact) mass is 271 g/mol. The first kappa shape index (κ1) is 13.0. The third kappa shape index (κ3) is 3.27. The highest BCUT2D eigenvalue weighted by Crippen LogP contribution is 2.22. The standard InChI is InChI=1S/C10H14ClN5O2/c11-10-14-6-8(16(17)18)9(15-10)13-5-7-2-1-3-12-4-7/h6-7,12H,1-5H2,(H,13,14,15). The Hall–Kier alpha value is -1.47. The molecule has 1 aromatic heterocycles. The van der Waals surface area contributed by atoms with E-state index < -0.39 is 4.92 Å². The molecule has 0 aliphatic carbocycles. The summed E-state index contributed by atoms with van der Waals surface area (Å²) in [4.78, 5) is 17.8. The van der Waals surface area contributed by atoms with Gasteiger partial charge in [0.05, 0.1) is 4.92 Å². The van der Waals surface area contributed by atoms with Gasteiger partial charge in [-0.3, -0.25) is 10.1 Å². The van der Waals surface area contributed by atoms with E-state index in [2.05, 4.69) is 20.6 Å². The van der Waals surface area contributed by atoms with Gasteiger partial charge in [-0.1, -0.05) is 0 Å². The van der Waals surface area contributed by atoms with E-state index in [1.54, 1.807) is 0 Å². The zero-order valence-electron chi connectivity index (χ0n) is 9.73. The number of hydrogen-bond donors (Lipinski definition) is 2. The van der Waals surface area contributed by atoms with Gasteiger partial charge in [0.15, 0.2) is 0 Å². The second kappa shape index (κ2) is 5.92. The summed E-state index contributed by atoms with van der Waals surface area (Å²) in [6.45, 7) is 2.59. The van der Waals surface area contributed by atoms with Crippen LogP contribution in [0.3, 0.4) is 0 Å². The zero-order chi connectivity index (χ0) is 13.0. The van der Waals surface area contributed by atoms with Crippen LogP contribution in [0.4, 0.5) is 11.5 Å². The number of aromatic nitrogens is 2. The Morgan fingerprint density at radius 2 is 2.50 bits per heavy atom. The van der Waals surface area contributed by atoms with Crippen LogP contribution in [-0.4, -0.2) is 34.5 Å². The lowest BCUT2D eigenvalue weighted by Gasteiger charge is -2.22. The Balaban J connectivity index is 2.03. The average molecular weight is 272 g/mol. The maximum atomic E-state index is 10.8. The largest absolute Gasteiger partial charge is 0.364 e. The molecular weight excluding hydrogens is 258 g/mol. The first-order valence-electron chi connectivity index (χ1n) is 5.78. The Labute approximate surface area is 109 Å². The molecular formula is C10H14ClN5O2. The predicted octanol–water partition coefficient (Wildman–Crippen LogP) is 1.45. The van der Waals surface area contributed by atoms with Crippen molar-refractivity contribution in [2.24, 2.45) is 5.92 Å². The van der Waals surface area contributed by atoms with Crippen LogP contribution in [0.1, 0.15) is 12.8 Å². The molecule has 2 N–H and O–H groups in total. The molecule has 2 heterocycles. The van der Waals surface area contributed by atoms with Gasteiger partial charge in [0.1, 0.15) is 6.20 Å². The lowest BCUT2D eigenvalue weighted by atomic mass is 10.00. The molecule has 7 nitrogen and oxygen atoms in total. The zero-order valence-corrected chi connectivity index (χ0v) is 10.5. The molecule has 0 bridgehead atoms. The van der Waals surface area contributed by atoms with Crippen molar-refractivity contribution in [3.63, 3.8) is 0 Å². The van der Waals surface area contributed by atoms with Crippen molar-refractivity contribution in [1.82, 2.24) is 15.3 Å². The van der Waals surface area contributed by atoms with Gasteiger partial charge in [0.25, 0.3) is 0 Å². The number of nitrogens with zero attached hydrogens (tertiary/aromatic N) is 3. The van der Waals surface area contributed by atoms with Crippen LogP contribution in [0.5, 0.6) is 0 Å². The molecule has 0 aromatic carbocycles. The molecule has 1 atom stereocenters. The Bertz CT molecular complexity index is 436. The highest BCUT2D eigenvalue weighted by atomic mass is 35.5. The van der Waals surface area contributed by atoms with E-state index in [0.29, 0.717) is 12.5 Å². The van der Waals surface area contributed by atoms with Crippen molar-refractivity contribution < 1.29 is 4.92 Å². The van der Waals surface area contributed by atoms with E-state index in [-0.39, 0.29) is 16.8 Å². The fraction of sp³-hybridized carbons (Fsp3) is 0.600. The molecule has 0 spiro atoms. The molecule has 1 aliphatic rings. The lowest BCUT2D eigenvalue weighted by molar-refractivity contribution is -0.384. The van der Waals surface area contributed by atoms with Crippen molar-refractivity contribution in [2.75, 3.05) is 25.0 Å². The quantitative estimate of drug-likeness (QED) is 0.489. The maximum absolute atomic E-state index is 10.8. The van der Waals surface area contributed by atoms with Gasteiger partial charge in [0.2, 0.25) is 11.1 Å². The second-order valence-electron chi connectivity index (χ2n) is 4.22. The SMILES string of the molecule is O=[N+]([O-])c1cnc(Cl)nc1NCC1CCCNC1. The Kier molecular flexibility index (Phi) is 4.27. The summed E-state index contributed by atoms with van der Waals surface area (Å²) in [5, 5.41) is 17.1. The number of halogens is 1. The molecule has 0 amide bonds. The first-order chi connectivity index (χ1) is 8.66. The number of rotatable bonds is 4. The minimum Gasteiger partial charge on any atom is -0.364 e. The fourth-order valence-corrected chi connectivity index (χ4v) is 2.09. The van der Waals surface area contributed by atoms with Crippen LogP contribution in [0.25, 0.3) is 0 Å². The van der Waals surface area contributed by atoms with E-state index in [4.69, 9.17) is 11.6 Å². The third-order valence-corrected chi connectivity index (χ3v) is 3.08. The van der Waals surface area contributed by atoms with E-state index in [1.165, 1.54) is 0 Å². The van der Waals surface area contributed by atoms with Gasteiger partial charge < -0.3 is 10.6 Å². The summed E-state index contributed by atoms with van der Waals surface area (Å²) in [6.07, 6.45) is 3.35. The normalized spacial score (nSPS) is 19.5. The van der Waals surface area contributed by atoms with Crippen LogP contribution < -0.4 is 10.6 Å². The minimum atomic E-state index is -0.516. The van der Waals surface area contributed by atoms with Crippen molar-refractivity contribution >= 4 is 23.1 Å². The van der Waals surface area contributed by atoms with Crippen LogP contribution in [0, 0.1) is 16.0 Å². The summed E-state index contributed by atoms with van der Waals surface area (Å²) in [5.74, 6) is 0.637. The number of piperidine rings is 1. The van der Waals surface area contributed by atoms with Crippen molar-refractivity contribution in [2.45, 2.75) is 12.8 Å². The van der Waals surface area contributed by atoms with Crippen LogP contribution in [0.2, 0.25) is 5.28 Å². The van der Waals surface area contributed by atoms with E-state index in [1.807, 2.05) is 0 Å². The third-order valence-electron chi connectivity index (χ3n) is 2.89. The molecule has 2 rings (SSSR count). The molecule has 1 fully saturated rings.